The third kappa shape index (κ3) is 2.20. The predicted octanol–water partition coefficient (Wildman–Crippen LogP) is 1.15. The second-order valence-corrected chi connectivity index (χ2v) is 2.76. The van der Waals surface area contributed by atoms with Gasteiger partial charge >= 0.3 is 0 Å². The third-order valence-electron chi connectivity index (χ3n) is 1.27. The van der Waals surface area contributed by atoms with Crippen LogP contribution in [0.2, 0.25) is 0 Å². The van der Waals surface area contributed by atoms with Crippen LogP contribution in [0.1, 0.15) is 11.4 Å². The molecule has 0 aliphatic rings. The zero-order valence-corrected chi connectivity index (χ0v) is 6.96. The number of hydrogen-bond acceptors (Lipinski definition) is 2. The van der Waals surface area contributed by atoms with Gasteiger partial charge in [0.15, 0.2) is 0 Å². The zero-order valence-electron chi connectivity index (χ0n) is 6.14. The van der Waals surface area contributed by atoms with Gasteiger partial charge in [-0.1, -0.05) is 11.8 Å². The predicted molar refractivity (Wildman–Crippen MR) is 45.5 cm³/mol. The van der Waals surface area contributed by atoms with Crippen molar-refractivity contribution in [2.45, 2.75) is 12.7 Å². The maximum atomic E-state index is 6.58. The smallest absolute Gasteiger partial charge is 0.0925 e. The number of nitrogens with zero attached hydrogens (tertiary/aromatic N) is 1. The number of aryl methyl sites for hydroxylation is 1. The molecule has 0 bridgehead atoms. The number of aromatic amines is 1. The number of nitrogens with one attached hydrogen (secondary N) is 2. The van der Waals surface area contributed by atoms with Gasteiger partial charge in [0, 0.05) is 17.5 Å². The van der Waals surface area contributed by atoms with E-state index in [0.29, 0.717) is 0 Å². The Bertz CT molecular complexity index is 281. The fraction of sp³-hybridized carbons (Fsp3) is 0.286. The summed E-state index contributed by atoms with van der Waals surface area (Å²) >= 11 is 1.41. The lowest BCUT2D eigenvalue weighted by Gasteiger charge is -1.91. The molecule has 1 heterocycles. The fourth-order valence-corrected chi connectivity index (χ4v) is 1.26. The highest BCUT2D eigenvalue weighted by Gasteiger charge is 1.97. The van der Waals surface area contributed by atoms with Crippen LogP contribution in [0, 0.1) is 18.2 Å². The van der Waals surface area contributed by atoms with Gasteiger partial charge in [-0.3, -0.25) is 5.73 Å². The summed E-state index contributed by atoms with van der Waals surface area (Å²) in [4.78, 5) is 7.03. The third-order valence-corrected chi connectivity index (χ3v) is 1.95. The summed E-state index contributed by atoms with van der Waals surface area (Å²) < 4.78 is 0. The van der Waals surface area contributed by atoms with Gasteiger partial charge in [0.05, 0.1) is 12.0 Å². The minimum atomic E-state index is 0.776. The van der Waals surface area contributed by atoms with Crippen molar-refractivity contribution in [3.8, 4) is 11.3 Å². The Labute approximate surface area is 69.8 Å². The Hall–Kier alpha value is -1.08. The maximum absolute atomic E-state index is 6.58. The first-order valence-corrected chi connectivity index (χ1v) is 4.10. The highest BCUT2D eigenvalue weighted by atomic mass is 32.2. The average Bonchev–Trinajstić information content (AvgIpc) is 2.37. The van der Waals surface area contributed by atoms with Crippen molar-refractivity contribution in [1.82, 2.24) is 15.7 Å². The van der Waals surface area contributed by atoms with Crippen LogP contribution in [-0.4, -0.2) is 9.97 Å². The molecule has 1 aromatic rings. The highest BCUT2D eigenvalue weighted by molar-refractivity contribution is 8.03. The SMILES string of the molecule is Cc1nc[nH]c1CSC#C[NH]. The van der Waals surface area contributed by atoms with E-state index in [2.05, 4.69) is 21.3 Å². The van der Waals surface area contributed by atoms with Crippen molar-refractivity contribution in [2.24, 2.45) is 0 Å². The summed E-state index contributed by atoms with van der Waals surface area (Å²) in [7, 11) is 0. The monoisotopic (exact) mass is 166 g/mol. The fourth-order valence-electron chi connectivity index (χ4n) is 0.680. The van der Waals surface area contributed by atoms with Crippen molar-refractivity contribution in [3.05, 3.63) is 17.7 Å². The van der Waals surface area contributed by atoms with Crippen molar-refractivity contribution in [2.75, 3.05) is 0 Å². The second kappa shape index (κ2) is 3.94. The molecule has 1 aromatic heterocycles. The van der Waals surface area contributed by atoms with Gasteiger partial charge in [0.25, 0.3) is 0 Å². The first kappa shape index (κ1) is 8.02. The van der Waals surface area contributed by atoms with Crippen molar-refractivity contribution in [1.29, 1.82) is 0 Å². The van der Waals surface area contributed by atoms with Gasteiger partial charge in [-0.15, -0.1) is 0 Å². The molecule has 57 valence electrons. The quantitative estimate of drug-likeness (QED) is 0.670. The number of H-pyrrole nitrogens is 1. The van der Waals surface area contributed by atoms with E-state index in [4.69, 9.17) is 5.73 Å². The van der Waals surface area contributed by atoms with Crippen LogP contribution in [0.5, 0.6) is 0 Å². The number of hydrogen-bond donors (Lipinski definition) is 1. The summed E-state index contributed by atoms with van der Waals surface area (Å²) in [6.07, 6.45) is 1.67. The Morgan fingerprint density at radius 3 is 3.18 bits per heavy atom. The van der Waals surface area contributed by atoms with Crippen molar-refractivity contribution < 1.29 is 0 Å². The lowest BCUT2D eigenvalue weighted by atomic mass is 10.4. The number of rotatable bonds is 2. The highest BCUT2D eigenvalue weighted by Crippen LogP contribution is 2.10. The standard InChI is InChI=1S/C7H8N3S/c1-6-7(10-5-9-6)4-11-3-2-8/h5,8H,4H2,1H3,(H,9,10). The van der Waals surface area contributed by atoms with Crippen LogP contribution in [0.15, 0.2) is 6.33 Å². The molecule has 0 spiro atoms. The van der Waals surface area contributed by atoms with E-state index in [1.807, 2.05) is 6.92 Å². The molecule has 0 aromatic carbocycles. The molecule has 0 fully saturated rings. The minimum Gasteiger partial charge on any atom is -0.348 e. The second-order valence-electron chi connectivity index (χ2n) is 1.98. The molecule has 0 atom stereocenters. The van der Waals surface area contributed by atoms with Crippen LogP contribution < -0.4 is 5.73 Å². The Morgan fingerprint density at radius 1 is 1.82 bits per heavy atom. The van der Waals surface area contributed by atoms with Crippen LogP contribution in [0.25, 0.3) is 0 Å². The first-order valence-electron chi connectivity index (χ1n) is 3.12. The molecule has 0 saturated heterocycles. The summed E-state index contributed by atoms with van der Waals surface area (Å²) in [6.45, 7) is 1.94. The lowest BCUT2D eigenvalue weighted by molar-refractivity contribution is 1.19. The molecule has 0 amide bonds. The van der Waals surface area contributed by atoms with Crippen LogP contribution >= 0.6 is 11.8 Å². The normalized spacial score (nSPS) is 8.82. The van der Waals surface area contributed by atoms with Crippen LogP contribution in [0.3, 0.4) is 0 Å². The molecule has 1 radical (unpaired) electrons. The molecule has 2 N–H and O–H groups in total. The molecule has 1 rings (SSSR count). The molecule has 0 aliphatic heterocycles. The largest absolute Gasteiger partial charge is 0.348 e. The molecule has 0 aliphatic carbocycles. The summed E-state index contributed by atoms with van der Waals surface area (Å²) in [5.41, 5.74) is 8.66. The molecule has 11 heavy (non-hydrogen) atoms. The van der Waals surface area contributed by atoms with Gasteiger partial charge in [0.1, 0.15) is 0 Å². The zero-order chi connectivity index (χ0) is 8.10. The summed E-state index contributed by atoms with van der Waals surface area (Å²) in [6, 6.07) is 2.08. The summed E-state index contributed by atoms with van der Waals surface area (Å²) in [5.74, 6) is 0.776. The van der Waals surface area contributed by atoms with E-state index < -0.39 is 0 Å². The van der Waals surface area contributed by atoms with Crippen LogP contribution in [0.4, 0.5) is 0 Å². The number of aromatic nitrogens is 2. The van der Waals surface area contributed by atoms with Gasteiger partial charge < -0.3 is 4.98 Å². The minimum absolute atomic E-state index is 0.776. The number of imidazole rings is 1. The maximum Gasteiger partial charge on any atom is 0.0925 e. The van der Waals surface area contributed by atoms with Crippen molar-refractivity contribution in [3.63, 3.8) is 0 Å². The molecule has 3 nitrogen and oxygen atoms in total. The van der Waals surface area contributed by atoms with Gasteiger partial charge in [-0.05, 0) is 12.2 Å². The van der Waals surface area contributed by atoms with Crippen LogP contribution in [-0.2, 0) is 5.75 Å². The molecular weight excluding hydrogens is 158 g/mol. The van der Waals surface area contributed by atoms with E-state index in [-0.39, 0.29) is 0 Å². The Balaban J connectivity index is 2.48. The summed E-state index contributed by atoms with van der Waals surface area (Å²) in [5, 5.41) is 2.60. The van der Waals surface area contributed by atoms with E-state index in [9.17, 15) is 0 Å². The van der Waals surface area contributed by atoms with E-state index in [0.717, 1.165) is 17.1 Å². The van der Waals surface area contributed by atoms with E-state index in [1.54, 1.807) is 6.33 Å². The van der Waals surface area contributed by atoms with Gasteiger partial charge in [-0.25, -0.2) is 4.98 Å². The Kier molecular flexibility index (Phi) is 2.87. The average molecular weight is 166 g/mol. The molecule has 0 saturated carbocycles. The molecular formula is C7H8N3S. The lowest BCUT2D eigenvalue weighted by Crippen LogP contribution is -1.82. The van der Waals surface area contributed by atoms with Gasteiger partial charge in [0.2, 0.25) is 0 Å². The number of thioether (sulfide) groups is 1. The van der Waals surface area contributed by atoms with Crippen molar-refractivity contribution >= 4 is 11.8 Å². The first-order chi connectivity index (χ1) is 5.34. The van der Waals surface area contributed by atoms with E-state index >= 15 is 0 Å². The Morgan fingerprint density at radius 2 is 2.64 bits per heavy atom. The molecule has 0 unspecified atom stereocenters. The topological polar surface area (TPSA) is 52.5 Å². The molecule has 4 heteroatoms. The van der Waals surface area contributed by atoms with E-state index in [1.165, 1.54) is 11.8 Å². The van der Waals surface area contributed by atoms with Gasteiger partial charge in [-0.2, -0.15) is 0 Å².